The molecule has 33 heavy (non-hydrogen) atoms. The Bertz CT molecular complexity index is 1160. The summed E-state index contributed by atoms with van der Waals surface area (Å²) < 4.78 is 0. The predicted molar refractivity (Wildman–Crippen MR) is 125 cm³/mol. The van der Waals surface area contributed by atoms with Crippen molar-refractivity contribution >= 4 is 41.0 Å². The van der Waals surface area contributed by atoms with Crippen LogP contribution in [-0.2, 0) is 15.0 Å². The van der Waals surface area contributed by atoms with E-state index < -0.39 is 5.41 Å². The lowest BCUT2D eigenvalue weighted by atomic mass is 9.69. The Morgan fingerprint density at radius 2 is 1.97 bits per heavy atom. The minimum Gasteiger partial charge on any atom is -0.355 e. The van der Waals surface area contributed by atoms with Gasteiger partial charge in [0.25, 0.3) is 5.91 Å². The van der Waals surface area contributed by atoms with Gasteiger partial charge in [0.1, 0.15) is 17.1 Å². The number of aliphatic imine (C=N–C) groups is 1. The number of aromatic nitrogens is 1. The molecule has 3 amide bonds. The molecule has 1 aromatic heterocycles. The zero-order valence-corrected chi connectivity index (χ0v) is 19.4. The molecule has 3 heterocycles. The van der Waals surface area contributed by atoms with Crippen LogP contribution in [0.3, 0.4) is 0 Å². The Morgan fingerprint density at radius 3 is 2.61 bits per heavy atom. The third-order valence-electron chi connectivity index (χ3n) is 5.97. The fourth-order valence-electron chi connectivity index (χ4n) is 4.25. The summed E-state index contributed by atoms with van der Waals surface area (Å²) >= 11 is 5.98. The highest BCUT2D eigenvalue weighted by Crippen LogP contribution is 2.40. The van der Waals surface area contributed by atoms with Crippen molar-refractivity contribution in [3.8, 4) is 0 Å². The van der Waals surface area contributed by atoms with Crippen molar-refractivity contribution in [1.29, 1.82) is 0 Å². The summed E-state index contributed by atoms with van der Waals surface area (Å²) in [5.74, 6) is -0.153. The van der Waals surface area contributed by atoms with Gasteiger partial charge in [0, 0.05) is 20.1 Å². The van der Waals surface area contributed by atoms with Gasteiger partial charge in [0.15, 0.2) is 0 Å². The molecule has 1 fully saturated rings. The highest BCUT2D eigenvalue weighted by Gasteiger charge is 2.53. The maximum atomic E-state index is 13.8. The van der Waals surface area contributed by atoms with Crippen LogP contribution in [0.2, 0.25) is 5.15 Å². The fourth-order valence-corrected chi connectivity index (χ4v) is 4.41. The van der Waals surface area contributed by atoms with Crippen molar-refractivity contribution in [3.63, 3.8) is 0 Å². The number of benzene rings is 1. The normalized spacial score (nSPS) is 16.7. The van der Waals surface area contributed by atoms with E-state index in [4.69, 9.17) is 11.6 Å². The van der Waals surface area contributed by atoms with Gasteiger partial charge in [-0.1, -0.05) is 49.7 Å². The van der Waals surface area contributed by atoms with E-state index in [1.807, 2.05) is 29.2 Å². The molecule has 2 aromatic rings. The Kier molecular flexibility index (Phi) is 6.07. The maximum absolute atomic E-state index is 13.8. The Labute approximate surface area is 196 Å². The summed E-state index contributed by atoms with van der Waals surface area (Å²) in [6, 6.07) is 9.26. The van der Waals surface area contributed by atoms with Gasteiger partial charge in [0.2, 0.25) is 17.8 Å². The van der Waals surface area contributed by atoms with Crippen LogP contribution in [0.15, 0.2) is 41.5 Å². The number of nitrogens with zero attached hydrogens (tertiary/aromatic N) is 3. The molecule has 10 heteroatoms. The molecule has 0 aliphatic carbocycles. The molecule has 3 N–H and O–H groups in total. The number of nitrogens with one attached hydrogen (secondary N) is 3. The van der Waals surface area contributed by atoms with Crippen LogP contribution in [0.4, 0.5) is 5.69 Å². The topological polar surface area (TPSA) is 116 Å². The van der Waals surface area contributed by atoms with Gasteiger partial charge in [-0.25, -0.2) is 9.98 Å². The van der Waals surface area contributed by atoms with Crippen LogP contribution < -0.4 is 16.0 Å². The van der Waals surface area contributed by atoms with E-state index in [-0.39, 0.29) is 46.6 Å². The first-order valence-corrected chi connectivity index (χ1v) is 11.0. The fraction of sp³-hybridized carbons (Fsp3) is 0.348. The quantitative estimate of drug-likeness (QED) is 0.579. The zero-order chi connectivity index (χ0) is 23.8. The summed E-state index contributed by atoms with van der Waals surface area (Å²) in [5.41, 5.74) is 1.56. The van der Waals surface area contributed by atoms with Crippen molar-refractivity contribution in [2.24, 2.45) is 4.99 Å². The van der Waals surface area contributed by atoms with Crippen molar-refractivity contribution in [2.75, 3.05) is 32.0 Å². The molecule has 0 spiro atoms. The molecule has 2 aliphatic rings. The number of guanidine groups is 1. The van der Waals surface area contributed by atoms with Gasteiger partial charge >= 0.3 is 0 Å². The molecule has 0 unspecified atom stereocenters. The number of likely N-dealkylation sites (tertiary alicyclic amines) is 1. The lowest BCUT2D eigenvalue weighted by molar-refractivity contribution is -0.126. The largest absolute Gasteiger partial charge is 0.355 e. The van der Waals surface area contributed by atoms with E-state index in [0.717, 1.165) is 11.1 Å². The molecule has 2 aliphatic heterocycles. The lowest BCUT2D eigenvalue weighted by Crippen LogP contribution is -2.68. The number of pyridine rings is 1. The molecule has 0 radical (unpaired) electrons. The second-order valence-corrected chi connectivity index (χ2v) is 8.84. The summed E-state index contributed by atoms with van der Waals surface area (Å²) in [6.45, 7) is 4.90. The third-order valence-corrected chi connectivity index (χ3v) is 6.17. The molecule has 0 atom stereocenters. The monoisotopic (exact) mass is 468 g/mol. The van der Waals surface area contributed by atoms with Crippen molar-refractivity contribution in [1.82, 2.24) is 20.5 Å². The molecule has 1 aromatic carbocycles. The molecule has 172 valence electrons. The van der Waals surface area contributed by atoms with E-state index in [1.165, 1.54) is 19.3 Å². The number of halogens is 1. The molecular formula is C23H25ClN6O3. The van der Waals surface area contributed by atoms with E-state index in [0.29, 0.717) is 19.0 Å². The molecular weight excluding hydrogens is 444 g/mol. The highest BCUT2D eigenvalue weighted by molar-refractivity contribution is 6.30. The average molecular weight is 469 g/mol. The highest BCUT2D eigenvalue weighted by atomic mass is 35.5. The summed E-state index contributed by atoms with van der Waals surface area (Å²) in [7, 11) is 1.50. The number of anilines is 1. The zero-order valence-electron chi connectivity index (χ0n) is 18.6. The van der Waals surface area contributed by atoms with E-state index in [2.05, 4.69) is 39.8 Å². The maximum Gasteiger partial charge on any atom is 0.253 e. The first-order chi connectivity index (χ1) is 15.7. The first-order valence-electron chi connectivity index (χ1n) is 10.6. The number of carbonyl (C=O) groups is 3. The standard InChI is InChI=1S/C23H25ClN6O3/c1-13(2)14-6-4-5-7-16(14)23(11-30(12-23)22-27-10-19(31)29-22)21(33)28-17-9-26-18(24)8-15(17)20(32)25-3/h4-9,13H,10-12H2,1-3H3,(H,25,32)(H,28,33)(H,27,29,31). The minimum atomic E-state index is -0.906. The Balaban J connectivity index is 1.71. The van der Waals surface area contributed by atoms with Crippen LogP contribution in [-0.4, -0.2) is 60.2 Å². The van der Waals surface area contributed by atoms with Gasteiger partial charge in [-0.3, -0.25) is 19.7 Å². The van der Waals surface area contributed by atoms with Gasteiger partial charge in [-0.05, 0) is 23.1 Å². The Hall–Kier alpha value is -3.46. The number of hydrogen-bond donors (Lipinski definition) is 3. The lowest BCUT2D eigenvalue weighted by Gasteiger charge is -2.50. The minimum absolute atomic E-state index is 0.0829. The van der Waals surface area contributed by atoms with Crippen molar-refractivity contribution < 1.29 is 14.4 Å². The average Bonchev–Trinajstić information content (AvgIpc) is 3.19. The number of carbonyl (C=O) groups excluding carboxylic acids is 3. The van der Waals surface area contributed by atoms with Gasteiger partial charge < -0.3 is 15.5 Å². The van der Waals surface area contributed by atoms with Gasteiger partial charge in [0.05, 0.1) is 17.4 Å². The van der Waals surface area contributed by atoms with Crippen molar-refractivity contribution in [2.45, 2.75) is 25.2 Å². The van der Waals surface area contributed by atoms with Gasteiger partial charge in [-0.15, -0.1) is 0 Å². The number of rotatable bonds is 5. The summed E-state index contributed by atoms with van der Waals surface area (Å²) in [4.78, 5) is 47.9. The number of hydrogen-bond acceptors (Lipinski definition) is 6. The van der Waals surface area contributed by atoms with Crippen LogP contribution in [0, 0.1) is 0 Å². The predicted octanol–water partition coefficient (Wildman–Crippen LogP) is 1.90. The molecule has 4 rings (SSSR count). The first kappa shape index (κ1) is 22.7. The van der Waals surface area contributed by atoms with Crippen LogP contribution >= 0.6 is 11.6 Å². The molecule has 9 nitrogen and oxygen atoms in total. The third kappa shape index (κ3) is 4.16. The number of amides is 3. The summed E-state index contributed by atoms with van der Waals surface area (Å²) in [5, 5.41) is 8.34. The van der Waals surface area contributed by atoms with Gasteiger partial charge in [-0.2, -0.15) is 0 Å². The molecule has 0 bridgehead atoms. The molecule has 0 saturated carbocycles. The van der Waals surface area contributed by atoms with E-state index in [9.17, 15) is 14.4 Å². The Morgan fingerprint density at radius 1 is 1.24 bits per heavy atom. The summed E-state index contributed by atoms with van der Waals surface area (Å²) in [6.07, 6.45) is 1.38. The molecule has 1 saturated heterocycles. The smallest absolute Gasteiger partial charge is 0.253 e. The van der Waals surface area contributed by atoms with E-state index in [1.54, 1.807) is 0 Å². The second kappa shape index (κ2) is 8.82. The van der Waals surface area contributed by atoms with Crippen LogP contribution in [0.25, 0.3) is 0 Å². The van der Waals surface area contributed by atoms with Crippen LogP contribution in [0.5, 0.6) is 0 Å². The SMILES string of the molecule is CNC(=O)c1cc(Cl)ncc1NC(=O)C1(c2ccccc2C(C)C)CN(C2=NCC(=O)N2)C1. The van der Waals surface area contributed by atoms with Crippen LogP contribution in [0.1, 0.15) is 41.3 Å². The second-order valence-electron chi connectivity index (χ2n) is 8.45. The van der Waals surface area contributed by atoms with E-state index >= 15 is 0 Å². The van der Waals surface area contributed by atoms with Crippen molar-refractivity contribution in [3.05, 3.63) is 58.4 Å².